The maximum atomic E-state index is 12.5. The van der Waals surface area contributed by atoms with Gasteiger partial charge in [-0.05, 0) is 19.1 Å². The topological polar surface area (TPSA) is 114 Å². The van der Waals surface area contributed by atoms with Crippen LogP contribution in [0, 0.1) is 6.92 Å². The minimum Gasteiger partial charge on any atom is -0.306 e. The van der Waals surface area contributed by atoms with Crippen molar-refractivity contribution in [1.82, 2.24) is 14.4 Å². The van der Waals surface area contributed by atoms with E-state index < -0.39 is 10.0 Å². The van der Waals surface area contributed by atoms with Gasteiger partial charge in [-0.2, -0.15) is 13.4 Å². The molecule has 8 nitrogen and oxygen atoms in total. The Balaban J connectivity index is 2.07. The van der Waals surface area contributed by atoms with Gasteiger partial charge < -0.3 is 5.43 Å². The Morgan fingerprint density at radius 1 is 1.38 bits per heavy atom. The molecule has 0 fully saturated rings. The van der Waals surface area contributed by atoms with E-state index in [-0.39, 0.29) is 10.8 Å². The van der Waals surface area contributed by atoms with Gasteiger partial charge in [-0.1, -0.05) is 0 Å². The summed E-state index contributed by atoms with van der Waals surface area (Å²) in [6, 6.07) is 3.36. The minimum atomic E-state index is -3.85. The number of thiazole rings is 1. The van der Waals surface area contributed by atoms with Gasteiger partial charge in [-0.25, -0.2) is 5.84 Å². The van der Waals surface area contributed by atoms with Crippen LogP contribution in [0.5, 0.6) is 0 Å². The van der Waals surface area contributed by atoms with E-state index in [1.807, 2.05) is 6.92 Å². The monoisotopic (exact) mass is 324 g/mol. The highest BCUT2D eigenvalue weighted by molar-refractivity contribution is 7.92. The van der Waals surface area contributed by atoms with E-state index in [9.17, 15) is 8.42 Å². The molecule has 4 N–H and O–H groups in total. The maximum Gasteiger partial charge on any atom is 0.281 e. The molecule has 0 aromatic carbocycles. The second kappa shape index (κ2) is 4.98. The molecular formula is C11H12N6O2S2. The normalized spacial score (nSPS) is 11.7. The molecule has 0 radical (unpaired) electrons. The van der Waals surface area contributed by atoms with Crippen molar-refractivity contribution in [3.8, 4) is 0 Å². The largest absolute Gasteiger partial charge is 0.306 e. The summed E-state index contributed by atoms with van der Waals surface area (Å²) in [5, 5.41) is 1.71. The highest BCUT2D eigenvalue weighted by Gasteiger charge is 2.25. The van der Waals surface area contributed by atoms with E-state index in [0.29, 0.717) is 10.6 Å². The lowest BCUT2D eigenvalue weighted by atomic mass is 10.4. The highest BCUT2D eigenvalue weighted by Crippen LogP contribution is 2.26. The summed E-state index contributed by atoms with van der Waals surface area (Å²) in [6.45, 7) is 1.82. The predicted octanol–water partition coefficient (Wildman–Crippen LogP) is 1.19. The van der Waals surface area contributed by atoms with Crippen LogP contribution >= 0.6 is 11.3 Å². The van der Waals surface area contributed by atoms with Gasteiger partial charge in [0.1, 0.15) is 0 Å². The van der Waals surface area contributed by atoms with Crippen molar-refractivity contribution < 1.29 is 8.42 Å². The minimum absolute atomic E-state index is 0.0400. The number of pyridine rings is 1. The van der Waals surface area contributed by atoms with Crippen LogP contribution in [-0.4, -0.2) is 22.8 Å². The Hall–Kier alpha value is -2.17. The number of fused-ring (bicyclic) bond motifs is 1. The molecule has 0 amide bonds. The van der Waals surface area contributed by atoms with Crippen molar-refractivity contribution in [2.45, 2.75) is 11.9 Å². The first kappa shape index (κ1) is 13.8. The van der Waals surface area contributed by atoms with Crippen LogP contribution in [0.3, 0.4) is 0 Å². The Morgan fingerprint density at radius 2 is 2.19 bits per heavy atom. The van der Waals surface area contributed by atoms with Crippen LogP contribution in [0.1, 0.15) is 5.69 Å². The quantitative estimate of drug-likeness (QED) is 0.490. The average Bonchev–Trinajstić information content (AvgIpc) is 3.00. The molecule has 0 saturated carbocycles. The molecule has 0 bridgehead atoms. The molecule has 3 aromatic rings. The SMILES string of the molecule is Cc1ccc(NS(=O)(=O)c2c(NN)nc3sccn23)cn1. The molecule has 0 atom stereocenters. The molecule has 3 rings (SSSR count). The first-order valence-corrected chi connectivity index (χ1v) is 8.25. The summed E-state index contributed by atoms with van der Waals surface area (Å²) in [7, 11) is -3.85. The van der Waals surface area contributed by atoms with E-state index in [4.69, 9.17) is 5.84 Å². The highest BCUT2D eigenvalue weighted by atomic mass is 32.2. The molecule has 0 unspecified atom stereocenters. The first-order chi connectivity index (χ1) is 10.0. The zero-order valence-electron chi connectivity index (χ0n) is 10.9. The number of nitrogen functional groups attached to an aromatic ring is 1. The summed E-state index contributed by atoms with van der Waals surface area (Å²) in [4.78, 5) is 8.71. The standard InChI is InChI=1S/C11H12N6O2S2/c1-7-2-3-8(6-13-7)16-21(18,19)10-9(15-12)14-11-17(10)4-5-20-11/h2-6,15-16H,12H2,1H3. The van der Waals surface area contributed by atoms with Gasteiger partial charge >= 0.3 is 0 Å². The van der Waals surface area contributed by atoms with Crippen molar-refractivity contribution in [3.63, 3.8) is 0 Å². The summed E-state index contributed by atoms with van der Waals surface area (Å²) < 4.78 is 29.0. The smallest absolute Gasteiger partial charge is 0.281 e. The van der Waals surface area contributed by atoms with Gasteiger partial charge in [0.05, 0.1) is 11.9 Å². The lowest BCUT2D eigenvalue weighted by molar-refractivity contribution is 0.597. The van der Waals surface area contributed by atoms with Crippen LogP contribution in [0.2, 0.25) is 0 Å². The van der Waals surface area contributed by atoms with E-state index in [0.717, 1.165) is 5.69 Å². The van der Waals surface area contributed by atoms with Crippen LogP contribution in [-0.2, 0) is 10.0 Å². The summed E-state index contributed by atoms with van der Waals surface area (Å²) in [6.07, 6.45) is 3.07. The van der Waals surface area contributed by atoms with E-state index in [1.54, 1.807) is 23.7 Å². The number of nitrogens with zero attached hydrogens (tertiary/aromatic N) is 3. The fourth-order valence-corrected chi connectivity index (χ4v) is 3.91. The Labute approximate surface area is 124 Å². The molecule has 21 heavy (non-hydrogen) atoms. The summed E-state index contributed by atoms with van der Waals surface area (Å²) in [5.74, 6) is 5.45. The molecule has 3 aromatic heterocycles. The van der Waals surface area contributed by atoms with Gasteiger partial charge in [0.15, 0.2) is 10.8 Å². The zero-order chi connectivity index (χ0) is 15.0. The molecule has 0 aliphatic heterocycles. The first-order valence-electron chi connectivity index (χ1n) is 5.89. The fraction of sp³-hybridized carbons (Fsp3) is 0.0909. The number of aromatic nitrogens is 3. The fourth-order valence-electron chi connectivity index (χ4n) is 1.85. The van der Waals surface area contributed by atoms with Gasteiger partial charge in [0, 0.05) is 17.3 Å². The molecular weight excluding hydrogens is 312 g/mol. The number of hydrogen-bond acceptors (Lipinski definition) is 7. The van der Waals surface area contributed by atoms with E-state index in [1.165, 1.54) is 21.9 Å². The summed E-state index contributed by atoms with van der Waals surface area (Å²) in [5.41, 5.74) is 3.48. The number of anilines is 2. The van der Waals surface area contributed by atoms with Gasteiger partial charge in [-0.15, -0.1) is 11.3 Å². The van der Waals surface area contributed by atoms with Gasteiger partial charge in [-0.3, -0.25) is 14.1 Å². The number of hydrogen-bond donors (Lipinski definition) is 3. The van der Waals surface area contributed by atoms with Gasteiger partial charge in [0.25, 0.3) is 10.0 Å². The third-order valence-corrected chi connectivity index (χ3v) is 4.93. The van der Waals surface area contributed by atoms with Crippen molar-refractivity contribution in [2.75, 3.05) is 10.1 Å². The van der Waals surface area contributed by atoms with E-state index >= 15 is 0 Å². The van der Waals surface area contributed by atoms with Crippen LogP contribution < -0.4 is 16.0 Å². The number of nitrogens with one attached hydrogen (secondary N) is 2. The third kappa shape index (κ3) is 2.44. The lowest BCUT2D eigenvalue weighted by Crippen LogP contribution is -2.18. The van der Waals surface area contributed by atoms with Crippen molar-refractivity contribution >= 4 is 37.8 Å². The third-order valence-electron chi connectivity index (χ3n) is 2.77. The van der Waals surface area contributed by atoms with Crippen LogP contribution in [0.4, 0.5) is 11.5 Å². The van der Waals surface area contributed by atoms with Crippen LogP contribution in [0.15, 0.2) is 34.9 Å². The predicted molar refractivity (Wildman–Crippen MR) is 80.7 cm³/mol. The molecule has 0 aliphatic rings. The van der Waals surface area contributed by atoms with Crippen LogP contribution in [0.25, 0.3) is 4.96 Å². The number of rotatable bonds is 4. The molecule has 0 saturated heterocycles. The number of imidazole rings is 1. The molecule has 110 valence electrons. The van der Waals surface area contributed by atoms with Gasteiger partial charge in [0.2, 0.25) is 5.03 Å². The number of aryl methyl sites for hydroxylation is 1. The van der Waals surface area contributed by atoms with Crippen molar-refractivity contribution in [1.29, 1.82) is 0 Å². The molecule has 0 aliphatic carbocycles. The number of hydrazine groups is 1. The average molecular weight is 324 g/mol. The van der Waals surface area contributed by atoms with Crippen molar-refractivity contribution in [3.05, 3.63) is 35.6 Å². The lowest BCUT2D eigenvalue weighted by Gasteiger charge is -2.08. The Bertz CT molecular complexity index is 881. The Morgan fingerprint density at radius 3 is 2.86 bits per heavy atom. The molecule has 10 heteroatoms. The Kier molecular flexibility index (Phi) is 3.27. The van der Waals surface area contributed by atoms with Crippen molar-refractivity contribution in [2.24, 2.45) is 5.84 Å². The zero-order valence-corrected chi connectivity index (χ0v) is 12.6. The second-order valence-electron chi connectivity index (χ2n) is 4.26. The molecule has 3 heterocycles. The summed E-state index contributed by atoms with van der Waals surface area (Å²) >= 11 is 1.31. The molecule has 0 spiro atoms. The number of nitrogens with two attached hydrogens (primary N) is 1. The van der Waals surface area contributed by atoms with E-state index in [2.05, 4.69) is 20.1 Å². The number of sulfonamides is 1. The maximum absolute atomic E-state index is 12.5. The second-order valence-corrected chi connectivity index (χ2v) is 6.73.